The highest BCUT2D eigenvalue weighted by molar-refractivity contribution is 6.30. The molecule has 1 aliphatic rings. The third-order valence-corrected chi connectivity index (χ3v) is 5.52. The first-order valence-electron chi connectivity index (χ1n) is 10.3. The molecule has 1 heterocycles. The monoisotopic (exact) mass is 450 g/mol. The molecule has 2 unspecified atom stereocenters. The van der Waals surface area contributed by atoms with Crippen LogP contribution in [0, 0.1) is 0 Å². The lowest BCUT2D eigenvalue weighted by Crippen LogP contribution is -2.41. The molecule has 164 valence electrons. The molecule has 0 bridgehead atoms. The van der Waals surface area contributed by atoms with Gasteiger partial charge in [0.15, 0.2) is 6.10 Å². The van der Waals surface area contributed by atoms with Gasteiger partial charge in [0.2, 0.25) is 5.91 Å². The summed E-state index contributed by atoms with van der Waals surface area (Å²) in [5.41, 5.74) is 8.87. The third-order valence-electron chi connectivity index (χ3n) is 5.29. The molecule has 0 aliphatic carbocycles. The second kappa shape index (κ2) is 9.32. The number of nitrogens with two attached hydrogens (primary N) is 1. The molecular weight excluding hydrogens is 428 g/mol. The standard InChI is InChI=1S/C25H23ClN2O4/c1-15(31-21-4-2-3-20(26)13-21)25(30)28-14-22-12-19-11-18(9-10-23(19)32-22)16-5-7-17(8-6-16)24(27)29/h2-11,13,15,22H,12,14H2,1H3,(H2,27,29)(H,28,30). The molecule has 32 heavy (non-hydrogen) atoms. The number of hydrogen-bond donors (Lipinski definition) is 2. The minimum atomic E-state index is -0.660. The molecule has 1 aliphatic heterocycles. The van der Waals surface area contributed by atoms with Crippen molar-refractivity contribution in [1.82, 2.24) is 5.32 Å². The van der Waals surface area contributed by atoms with E-state index >= 15 is 0 Å². The highest BCUT2D eigenvalue weighted by Gasteiger charge is 2.25. The molecule has 0 saturated heterocycles. The normalized spacial score (nSPS) is 15.4. The molecule has 0 aromatic heterocycles. The minimum absolute atomic E-state index is 0.153. The van der Waals surface area contributed by atoms with Crippen LogP contribution >= 0.6 is 11.6 Å². The summed E-state index contributed by atoms with van der Waals surface area (Å²) in [6.07, 6.45) is -0.126. The van der Waals surface area contributed by atoms with E-state index in [4.69, 9.17) is 26.8 Å². The van der Waals surface area contributed by atoms with Gasteiger partial charge in [0, 0.05) is 17.0 Å². The number of halogens is 1. The van der Waals surface area contributed by atoms with Crippen molar-refractivity contribution in [2.45, 2.75) is 25.6 Å². The topological polar surface area (TPSA) is 90.6 Å². The fourth-order valence-electron chi connectivity index (χ4n) is 3.60. The summed E-state index contributed by atoms with van der Waals surface area (Å²) in [5, 5.41) is 3.44. The molecule has 3 aromatic rings. The average Bonchev–Trinajstić information content (AvgIpc) is 3.19. The third kappa shape index (κ3) is 5.03. The minimum Gasteiger partial charge on any atom is -0.488 e. The summed E-state index contributed by atoms with van der Waals surface area (Å²) in [6.45, 7) is 2.07. The molecule has 2 atom stereocenters. The number of ether oxygens (including phenoxy) is 2. The number of amides is 2. The van der Waals surface area contributed by atoms with Crippen molar-refractivity contribution < 1.29 is 19.1 Å². The van der Waals surface area contributed by atoms with E-state index in [9.17, 15) is 9.59 Å². The van der Waals surface area contributed by atoms with Gasteiger partial charge in [-0.25, -0.2) is 0 Å². The molecule has 3 aromatic carbocycles. The van der Waals surface area contributed by atoms with Gasteiger partial charge in [0.1, 0.15) is 17.6 Å². The molecule has 7 heteroatoms. The van der Waals surface area contributed by atoms with Crippen LogP contribution in [0.2, 0.25) is 5.02 Å². The van der Waals surface area contributed by atoms with Gasteiger partial charge in [-0.15, -0.1) is 0 Å². The SMILES string of the molecule is CC(Oc1cccc(Cl)c1)C(=O)NCC1Cc2cc(-c3ccc(C(N)=O)cc3)ccc2O1. The molecule has 3 N–H and O–H groups in total. The summed E-state index contributed by atoms with van der Waals surface area (Å²) in [4.78, 5) is 23.7. The van der Waals surface area contributed by atoms with Crippen molar-refractivity contribution in [3.8, 4) is 22.6 Å². The Labute approximate surface area is 191 Å². The average molecular weight is 451 g/mol. The molecule has 0 radical (unpaired) electrons. The Balaban J connectivity index is 1.33. The maximum atomic E-state index is 12.4. The molecular formula is C25H23ClN2O4. The number of nitrogens with one attached hydrogen (secondary N) is 1. The number of fused-ring (bicyclic) bond motifs is 1. The number of benzene rings is 3. The summed E-state index contributed by atoms with van der Waals surface area (Å²) < 4.78 is 11.6. The van der Waals surface area contributed by atoms with Crippen LogP contribution in [0.4, 0.5) is 0 Å². The zero-order chi connectivity index (χ0) is 22.7. The first-order chi connectivity index (χ1) is 15.4. The lowest BCUT2D eigenvalue weighted by atomic mass is 10.00. The maximum absolute atomic E-state index is 12.4. The zero-order valence-electron chi connectivity index (χ0n) is 17.5. The van der Waals surface area contributed by atoms with E-state index in [2.05, 4.69) is 11.4 Å². The Bertz CT molecular complexity index is 1150. The van der Waals surface area contributed by atoms with Crippen LogP contribution in [0.3, 0.4) is 0 Å². The molecule has 6 nitrogen and oxygen atoms in total. The fraction of sp³-hybridized carbons (Fsp3) is 0.200. The quantitative estimate of drug-likeness (QED) is 0.569. The number of rotatable bonds is 7. The van der Waals surface area contributed by atoms with Gasteiger partial charge in [-0.05, 0) is 66.1 Å². The highest BCUT2D eigenvalue weighted by Crippen LogP contribution is 2.33. The van der Waals surface area contributed by atoms with Crippen molar-refractivity contribution in [2.75, 3.05) is 6.54 Å². The van der Waals surface area contributed by atoms with E-state index in [0.29, 0.717) is 29.3 Å². The number of hydrogen-bond acceptors (Lipinski definition) is 4. The Morgan fingerprint density at radius 3 is 2.59 bits per heavy atom. The highest BCUT2D eigenvalue weighted by atomic mass is 35.5. The van der Waals surface area contributed by atoms with Gasteiger partial charge in [-0.2, -0.15) is 0 Å². The predicted octanol–water partition coefficient (Wildman–Crippen LogP) is 3.99. The Morgan fingerprint density at radius 1 is 1.12 bits per heavy atom. The Morgan fingerprint density at radius 2 is 1.88 bits per heavy atom. The van der Waals surface area contributed by atoms with Crippen molar-refractivity contribution in [1.29, 1.82) is 0 Å². The second-order valence-corrected chi connectivity index (χ2v) is 8.11. The Hall–Kier alpha value is -3.51. The van der Waals surface area contributed by atoms with Crippen LogP contribution in [-0.2, 0) is 11.2 Å². The first-order valence-corrected chi connectivity index (χ1v) is 10.7. The number of primary amides is 1. The Kier molecular flexibility index (Phi) is 6.32. The lowest BCUT2D eigenvalue weighted by molar-refractivity contribution is -0.127. The van der Waals surface area contributed by atoms with Crippen LogP contribution in [0.15, 0.2) is 66.7 Å². The zero-order valence-corrected chi connectivity index (χ0v) is 18.3. The summed E-state index contributed by atoms with van der Waals surface area (Å²) in [5.74, 6) is 0.682. The van der Waals surface area contributed by atoms with Crippen LogP contribution in [0.1, 0.15) is 22.8 Å². The molecule has 0 saturated carbocycles. The maximum Gasteiger partial charge on any atom is 0.260 e. The van der Waals surface area contributed by atoms with Gasteiger partial charge in [0.25, 0.3) is 5.91 Å². The predicted molar refractivity (Wildman–Crippen MR) is 123 cm³/mol. The van der Waals surface area contributed by atoms with Crippen LogP contribution in [0.25, 0.3) is 11.1 Å². The van der Waals surface area contributed by atoms with Gasteiger partial charge in [-0.3, -0.25) is 9.59 Å². The van der Waals surface area contributed by atoms with Crippen LogP contribution in [-0.4, -0.2) is 30.6 Å². The summed E-state index contributed by atoms with van der Waals surface area (Å²) in [7, 11) is 0. The van der Waals surface area contributed by atoms with E-state index in [1.165, 1.54) is 0 Å². The number of carbonyl (C=O) groups excluding carboxylic acids is 2. The van der Waals surface area contributed by atoms with Gasteiger partial charge < -0.3 is 20.5 Å². The van der Waals surface area contributed by atoms with Gasteiger partial charge >= 0.3 is 0 Å². The van der Waals surface area contributed by atoms with E-state index in [0.717, 1.165) is 22.4 Å². The van der Waals surface area contributed by atoms with Crippen LogP contribution < -0.4 is 20.5 Å². The van der Waals surface area contributed by atoms with Gasteiger partial charge in [0.05, 0.1) is 6.54 Å². The van der Waals surface area contributed by atoms with Crippen molar-refractivity contribution in [3.05, 3.63) is 82.9 Å². The van der Waals surface area contributed by atoms with E-state index in [-0.39, 0.29) is 12.0 Å². The van der Waals surface area contributed by atoms with E-state index < -0.39 is 12.0 Å². The second-order valence-electron chi connectivity index (χ2n) is 7.67. The largest absolute Gasteiger partial charge is 0.488 e. The molecule has 4 rings (SSSR count). The van der Waals surface area contributed by atoms with E-state index in [1.54, 1.807) is 43.3 Å². The molecule has 0 spiro atoms. The molecule has 2 amide bonds. The summed E-state index contributed by atoms with van der Waals surface area (Å²) in [6, 6.07) is 20.1. The number of carbonyl (C=O) groups is 2. The lowest BCUT2D eigenvalue weighted by Gasteiger charge is -2.17. The van der Waals surface area contributed by atoms with Crippen LogP contribution in [0.5, 0.6) is 11.5 Å². The van der Waals surface area contributed by atoms with Gasteiger partial charge in [-0.1, -0.05) is 35.9 Å². The smallest absolute Gasteiger partial charge is 0.260 e. The molecule has 0 fully saturated rings. The summed E-state index contributed by atoms with van der Waals surface area (Å²) >= 11 is 5.95. The fourth-order valence-corrected chi connectivity index (χ4v) is 3.78. The van der Waals surface area contributed by atoms with Crippen molar-refractivity contribution in [3.63, 3.8) is 0 Å². The van der Waals surface area contributed by atoms with Crippen molar-refractivity contribution in [2.24, 2.45) is 5.73 Å². The first kappa shape index (κ1) is 21.7. The van der Waals surface area contributed by atoms with E-state index in [1.807, 2.05) is 24.3 Å². The van der Waals surface area contributed by atoms with Crippen molar-refractivity contribution >= 4 is 23.4 Å².